The molecule has 1 amide bonds. The molecule has 0 saturated carbocycles. The van der Waals surface area contributed by atoms with Crippen LogP contribution in [-0.2, 0) is 0 Å². The fourth-order valence-corrected chi connectivity index (χ4v) is 2.93. The van der Waals surface area contributed by atoms with Gasteiger partial charge in [0.1, 0.15) is 5.82 Å². The minimum Gasteiger partial charge on any atom is -0.459 e. The quantitative estimate of drug-likeness (QED) is 0.782. The molecule has 0 atom stereocenters. The molecule has 128 valence electrons. The lowest BCUT2D eigenvalue weighted by Gasteiger charge is -2.32. The first-order valence-electron chi connectivity index (χ1n) is 8.21. The van der Waals surface area contributed by atoms with Crippen molar-refractivity contribution in [2.75, 3.05) is 18.4 Å². The fraction of sp³-hybridized carbons (Fsp3) is 0.294. The molecule has 0 radical (unpaired) electrons. The van der Waals surface area contributed by atoms with Crippen LogP contribution in [0.4, 0.5) is 5.82 Å². The number of rotatable bonds is 4. The Labute approximate surface area is 144 Å². The summed E-state index contributed by atoms with van der Waals surface area (Å²) >= 11 is 0. The number of furan rings is 1. The Morgan fingerprint density at radius 3 is 2.84 bits per heavy atom. The maximum absolute atomic E-state index is 12.3. The zero-order chi connectivity index (χ0) is 17.1. The predicted octanol–water partition coefficient (Wildman–Crippen LogP) is 1.97. The highest BCUT2D eigenvalue weighted by atomic mass is 16.3. The molecule has 0 spiro atoms. The van der Waals surface area contributed by atoms with Crippen molar-refractivity contribution < 1.29 is 9.21 Å². The first-order chi connectivity index (χ1) is 12.3. The van der Waals surface area contributed by atoms with E-state index in [4.69, 9.17) is 4.42 Å². The summed E-state index contributed by atoms with van der Waals surface area (Å²) < 4.78 is 6.86. The van der Waals surface area contributed by atoms with Gasteiger partial charge in [-0.05, 0) is 31.0 Å². The maximum Gasteiger partial charge on any atom is 0.289 e. The molecule has 1 aliphatic rings. The standard InChI is InChI=1S/C17H18N6O2/c24-17(14-3-1-10-25-14)22-8-4-13(5-9-22)20-15-11-18-12-16(21-15)23-7-2-6-19-23/h1-3,6-7,10-13H,4-5,8-9H2,(H,20,21). The zero-order valence-corrected chi connectivity index (χ0v) is 13.6. The van der Waals surface area contributed by atoms with Crippen LogP contribution >= 0.6 is 0 Å². The highest BCUT2D eigenvalue weighted by molar-refractivity contribution is 5.91. The lowest BCUT2D eigenvalue weighted by atomic mass is 10.0. The minimum atomic E-state index is -0.0519. The van der Waals surface area contributed by atoms with E-state index in [0.717, 1.165) is 12.8 Å². The summed E-state index contributed by atoms with van der Waals surface area (Å²) in [5.74, 6) is 1.72. The average molecular weight is 338 g/mol. The number of hydrogen-bond acceptors (Lipinski definition) is 6. The fourth-order valence-electron chi connectivity index (χ4n) is 2.93. The van der Waals surface area contributed by atoms with E-state index in [1.165, 1.54) is 6.26 Å². The number of nitrogens with one attached hydrogen (secondary N) is 1. The number of likely N-dealkylation sites (tertiary alicyclic amines) is 1. The van der Waals surface area contributed by atoms with Gasteiger partial charge < -0.3 is 14.6 Å². The van der Waals surface area contributed by atoms with E-state index < -0.39 is 0 Å². The van der Waals surface area contributed by atoms with Gasteiger partial charge in [-0.3, -0.25) is 9.78 Å². The first-order valence-corrected chi connectivity index (χ1v) is 8.21. The second-order valence-electron chi connectivity index (χ2n) is 5.90. The molecule has 3 aromatic rings. The third-order valence-electron chi connectivity index (χ3n) is 4.23. The molecule has 1 fully saturated rings. The summed E-state index contributed by atoms with van der Waals surface area (Å²) in [5, 5.41) is 7.56. The van der Waals surface area contributed by atoms with Crippen LogP contribution in [0.2, 0.25) is 0 Å². The van der Waals surface area contributed by atoms with Crippen molar-refractivity contribution in [3.05, 3.63) is 55.0 Å². The van der Waals surface area contributed by atoms with Crippen molar-refractivity contribution >= 4 is 11.7 Å². The molecule has 1 aliphatic heterocycles. The Morgan fingerprint density at radius 2 is 2.12 bits per heavy atom. The molecule has 0 bridgehead atoms. The van der Waals surface area contributed by atoms with Crippen LogP contribution in [0.25, 0.3) is 5.82 Å². The summed E-state index contributed by atoms with van der Waals surface area (Å²) in [7, 11) is 0. The van der Waals surface area contributed by atoms with Crippen molar-refractivity contribution in [1.82, 2.24) is 24.6 Å². The van der Waals surface area contributed by atoms with E-state index in [9.17, 15) is 4.79 Å². The van der Waals surface area contributed by atoms with Crippen molar-refractivity contribution in [2.24, 2.45) is 0 Å². The van der Waals surface area contributed by atoms with E-state index in [0.29, 0.717) is 30.5 Å². The number of amides is 1. The molecule has 0 unspecified atom stereocenters. The van der Waals surface area contributed by atoms with Gasteiger partial charge >= 0.3 is 0 Å². The molecule has 1 N–H and O–H groups in total. The van der Waals surface area contributed by atoms with E-state index in [2.05, 4.69) is 20.4 Å². The van der Waals surface area contributed by atoms with Gasteiger partial charge in [-0.2, -0.15) is 5.10 Å². The van der Waals surface area contributed by atoms with Crippen LogP contribution in [0.3, 0.4) is 0 Å². The Morgan fingerprint density at radius 1 is 1.24 bits per heavy atom. The molecule has 1 saturated heterocycles. The van der Waals surface area contributed by atoms with Crippen molar-refractivity contribution in [3.63, 3.8) is 0 Å². The number of hydrogen-bond donors (Lipinski definition) is 1. The van der Waals surface area contributed by atoms with Gasteiger partial charge in [0.2, 0.25) is 0 Å². The van der Waals surface area contributed by atoms with E-state index in [1.54, 1.807) is 35.4 Å². The van der Waals surface area contributed by atoms with Gasteiger partial charge in [-0.15, -0.1) is 0 Å². The molecule has 8 nitrogen and oxygen atoms in total. The number of nitrogens with zero attached hydrogens (tertiary/aromatic N) is 5. The molecular weight excluding hydrogens is 320 g/mol. The van der Waals surface area contributed by atoms with Crippen LogP contribution in [0, 0.1) is 0 Å². The molecule has 0 aliphatic carbocycles. The Kier molecular flexibility index (Phi) is 4.16. The normalized spacial score (nSPS) is 15.3. The molecule has 4 rings (SSSR count). The largest absolute Gasteiger partial charge is 0.459 e. The Hall–Kier alpha value is -3.16. The lowest BCUT2D eigenvalue weighted by Crippen LogP contribution is -2.42. The van der Waals surface area contributed by atoms with Crippen LogP contribution in [0.5, 0.6) is 0 Å². The SMILES string of the molecule is O=C(c1ccco1)N1CCC(Nc2cncc(-n3cccn3)n2)CC1. The Balaban J connectivity index is 1.36. The van der Waals surface area contributed by atoms with Gasteiger partial charge in [0.15, 0.2) is 11.6 Å². The van der Waals surface area contributed by atoms with E-state index >= 15 is 0 Å². The molecule has 4 heterocycles. The number of piperidine rings is 1. The third kappa shape index (κ3) is 3.37. The van der Waals surface area contributed by atoms with E-state index in [1.807, 2.05) is 17.2 Å². The molecule has 8 heteroatoms. The molecule has 0 aromatic carbocycles. The molecule has 25 heavy (non-hydrogen) atoms. The summed E-state index contributed by atoms with van der Waals surface area (Å²) in [4.78, 5) is 22.9. The van der Waals surface area contributed by atoms with Crippen molar-refractivity contribution in [1.29, 1.82) is 0 Å². The van der Waals surface area contributed by atoms with Gasteiger partial charge in [0, 0.05) is 31.5 Å². The summed E-state index contributed by atoms with van der Waals surface area (Å²) in [6.07, 6.45) is 10.1. The highest BCUT2D eigenvalue weighted by Crippen LogP contribution is 2.17. The zero-order valence-electron chi connectivity index (χ0n) is 13.6. The number of carbonyl (C=O) groups is 1. The second kappa shape index (κ2) is 6.76. The average Bonchev–Trinajstić information content (AvgIpc) is 3.36. The number of carbonyl (C=O) groups excluding carboxylic acids is 1. The number of aromatic nitrogens is 4. The summed E-state index contributed by atoms with van der Waals surface area (Å²) in [5.41, 5.74) is 0. The number of anilines is 1. The topological polar surface area (TPSA) is 89.1 Å². The monoisotopic (exact) mass is 338 g/mol. The van der Waals surface area contributed by atoms with Crippen LogP contribution < -0.4 is 5.32 Å². The highest BCUT2D eigenvalue weighted by Gasteiger charge is 2.25. The van der Waals surface area contributed by atoms with Gasteiger partial charge in [-0.1, -0.05) is 0 Å². The van der Waals surface area contributed by atoms with Crippen LogP contribution in [0.15, 0.2) is 53.7 Å². The Bertz CT molecular complexity index is 823. The predicted molar refractivity (Wildman–Crippen MR) is 90.4 cm³/mol. The third-order valence-corrected chi connectivity index (χ3v) is 4.23. The van der Waals surface area contributed by atoms with Gasteiger partial charge in [0.05, 0.1) is 18.7 Å². The van der Waals surface area contributed by atoms with Gasteiger partial charge in [0.25, 0.3) is 5.91 Å². The van der Waals surface area contributed by atoms with Crippen molar-refractivity contribution in [3.8, 4) is 5.82 Å². The maximum atomic E-state index is 12.3. The van der Waals surface area contributed by atoms with Crippen LogP contribution in [0.1, 0.15) is 23.4 Å². The van der Waals surface area contributed by atoms with Gasteiger partial charge in [-0.25, -0.2) is 9.67 Å². The minimum absolute atomic E-state index is 0.0519. The van der Waals surface area contributed by atoms with E-state index in [-0.39, 0.29) is 11.9 Å². The lowest BCUT2D eigenvalue weighted by molar-refractivity contribution is 0.0686. The smallest absolute Gasteiger partial charge is 0.289 e. The first kappa shape index (κ1) is 15.4. The van der Waals surface area contributed by atoms with Crippen LogP contribution in [-0.4, -0.2) is 49.7 Å². The second-order valence-corrected chi connectivity index (χ2v) is 5.90. The molecular formula is C17H18N6O2. The summed E-state index contributed by atoms with van der Waals surface area (Å²) in [6.45, 7) is 1.37. The summed E-state index contributed by atoms with van der Waals surface area (Å²) in [6, 6.07) is 5.52. The molecule has 3 aromatic heterocycles. The van der Waals surface area contributed by atoms with Crippen molar-refractivity contribution in [2.45, 2.75) is 18.9 Å².